The lowest BCUT2D eigenvalue weighted by Gasteiger charge is -2.22. The molecule has 1 fully saturated rings. The van der Waals surface area contributed by atoms with Gasteiger partial charge in [-0.25, -0.2) is 9.37 Å². The summed E-state index contributed by atoms with van der Waals surface area (Å²) in [5.41, 5.74) is 11.9. The number of unbranched alkanes of at least 4 members (excludes halogenated alkanes) is 1. The van der Waals surface area contributed by atoms with Crippen molar-refractivity contribution < 1.29 is 33.5 Å². The second-order valence-corrected chi connectivity index (χ2v) is 17.4. The number of allylic oxidation sites excluding steroid dienone is 2. The number of halogens is 1. The molecule has 4 aromatic rings. The van der Waals surface area contributed by atoms with Gasteiger partial charge in [-0.05, 0) is 119 Å². The van der Waals surface area contributed by atoms with Crippen LogP contribution < -0.4 is 32.3 Å². The minimum atomic E-state index is -0.364. The number of hydrogen-bond donors (Lipinski definition) is 7. The molecule has 400 valence electrons. The van der Waals surface area contributed by atoms with Crippen LogP contribution in [0.4, 0.5) is 15.9 Å². The number of nitrogens with two attached hydrogens (primary N) is 1. The molecular formula is C55H87FN10O6. The average molecular weight is 1000 g/mol. The van der Waals surface area contributed by atoms with Crippen LogP contribution in [-0.2, 0) is 30.5 Å². The normalized spacial score (nSPS) is 12.7. The number of nitrogens with zero attached hydrogens (tertiary/aromatic N) is 4. The first-order valence-electron chi connectivity index (χ1n) is 24.5. The summed E-state index contributed by atoms with van der Waals surface area (Å²) >= 11 is 0. The van der Waals surface area contributed by atoms with E-state index in [4.69, 9.17) is 9.59 Å². The Labute approximate surface area is 429 Å². The molecule has 1 atom stereocenters. The molecule has 5 rings (SSSR count). The third-order valence-electron chi connectivity index (χ3n) is 10.3. The Hall–Kier alpha value is -6.43. The largest absolute Gasteiger partial charge is 0.391 e. The van der Waals surface area contributed by atoms with E-state index in [9.17, 15) is 23.9 Å². The molecule has 1 aliphatic heterocycles. The number of fused-ring (bicyclic) bond motifs is 1. The van der Waals surface area contributed by atoms with Crippen LogP contribution >= 0.6 is 0 Å². The molecule has 1 aliphatic rings. The van der Waals surface area contributed by atoms with Crippen LogP contribution in [0.2, 0.25) is 0 Å². The van der Waals surface area contributed by atoms with Crippen molar-refractivity contribution >= 4 is 65.0 Å². The SMILES string of the molecule is C=O.CC.CC(C)(C)CC(=O)N1CCC(O)C1.CC=N/C(C)=C(\C)c1ccc(CNC)cc1.CCCCNC(=O)CCCC(=O)Nc1cc2cc(-c3cncc(NC)c3C)c(F)cc2cn1.CNC.NC=O. The van der Waals surface area contributed by atoms with Crippen molar-refractivity contribution in [2.24, 2.45) is 16.1 Å². The Morgan fingerprint density at radius 2 is 1.56 bits per heavy atom. The van der Waals surface area contributed by atoms with Crippen molar-refractivity contribution in [3.8, 4) is 11.1 Å². The third kappa shape index (κ3) is 27.2. The molecule has 2 aromatic heterocycles. The maximum Gasteiger partial charge on any atom is 0.225 e. The van der Waals surface area contributed by atoms with Crippen molar-refractivity contribution in [2.45, 2.75) is 127 Å². The smallest absolute Gasteiger partial charge is 0.225 e. The van der Waals surface area contributed by atoms with Gasteiger partial charge in [-0.3, -0.25) is 29.2 Å². The maximum atomic E-state index is 14.9. The number of aliphatic hydroxyl groups is 1. The molecule has 0 spiro atoms. The van der Waals surface area contributed by atoms with Gasteiger partial charge in [0.2, 0.25) is 24.1 Å². The molecule has 16 nitrogen and oxygen atoms in total. The number of aliphatic hydroxyl groups excluding tert-OH is 1. The number of rotatable bonds is 15. The van der Waals surface area contributed by atoms with E-state index in [1.807, 2.05) is 68.8 Å². The highest BCUT2D eigenvalue weighted by molar-refractivity contribution is 5.94. The highest BCUT2D eigenvalue weighted by Crippen LogP contribution is 2.33. The number of likely N-dealkylation sites (tertiary alicyclic amines) is 1. The van der Waals surface area contributed by atoms with Crippen LogP contribution in [0.1, 0.15) is 124 Å². The molecule has 4 amide bonds. The average Bonchev–Trinajstić information content (AvgIpc) is 3.80. The van der Waals surface area contributed by atoms with Crippen LogP contribution in [0, 0.1) is 18.2 Å². The van der Waals surface area contributed by atoms with Crippen molar-refractivity contribution in [1.82, 2.24) is 30.8 Å². The number of primary amides is 1. The first-order chi connectivity index (χ1) is 34.3. The molecule has 2 aromatic carbocycles. The number of pyridine rings is 2. The molecule has 0 aliphatic carbocycles. The number of aliphatic imine (C=N–C) groups is 1. The molecule has 0 radical (unpaired) electrons. The first kappa shape index (κ1) is 67.6. The fourth-order valence-corrected chi connectivity index (χ4v) is 6.71. The van der Waals surface area contributed by atoms with Gasteiger partial charge in [0.25, 0.3) is 0 Å². The Morgan fingerprint density at radius 1 is 0.944 bits per heavy atom. The van der Waals surface area contributed by atoms with Gasteiger partial charge >= 0.3 is 0 Å². The van der Waals surface area contributed by atoms with Gasteiger partial charge in [-0.15, -0.1) is 0 Å². The topological polar surface area (TPSA) is 233 Å². The third-order valence-corrected chi connectivity index (χ3v) is 10.3. The highest BCUT2D eigenvalue weighted by atomic mass is 19.1. The highest BCUT2D eigenvalue weighted by Gasteiger charge is 2.27. The van der Waals surface area contributed by atoms with Crippen LogP contribution in [-0.4, -0.2) is 111 Å². The van der Waals surface area contributed by atoms with Gasteiger partial charge in [-0.2, -0.15) is 0 Å². The van der Waals surface area contributed by atoms with Gasteiger partial charge in [-0.1, -0.05) is 72.2 Å². The quantitative estimate of drug-likeness (QED) is 0.0338. The van der Waals surface area contributed by atoms with E-state index in [0.29, 0.717) is 54.7 Å². The number of anilines is 2. The zero-order chi connectivity index (χ0) is 55.2. The lowest BCUT2D eigenvalue weighted by atomic mass is 9.92. The van der Waals surface area contributed by atoms with Crippen molar-refractivity contribution in [2.75, 3.05) is 58.5 Å². The molecule has 3 heterocycles. The minimum absolute atomic E-state index is 0.0400. The van der Waals surface area contributed by atoms with Gasteiger partial charge < -0.3 is 47.1 Å². The van der Waals surface area contributed by atoms with E-state index in [1.165, 1.54) is 29.0 Å². The lowest BCUT2D eigenvalue weighted by molar-refractivity contribution is -0.132. The lowest BCUT2D eigenvalue weighted by Crippen LogP contribution is -2.32. The van der Waals surface area contributed by atoms with E-state index < -0.39 is 0 Å². The van der Waals surface area contributed by atoms with Gasteiger partial charge in [0, 0.05) is 93.3 Å². The van der Waals surface area contributed by atoms with Crippen LogP contribution in [0.25, 0.3) is 27.5 Å². The molecule has 0 saturated carbocycles. The van der Waals surface area contributed by atoms with Crippen LogP contribution in [0.5, 0.6) is 0 Å². The first-order valence-corrected chi connectivity index (χ1v) is 24.5. The number of carbonyl (C=O) groups excluding carboxylic acids is 5. The fourth-order valence-electron chi connectivity index (χ4n) is 6.71. The number of amides is 4. The summed E-state index contributed by atoms with van der Waals surface area (Å²) in [4.78, 5) is 66.7. The zero-order valence-electron chi connectivity index (χ0n) is 45.7. The summed E-state index contributed by atoms with van der Waals surface area (Å²) in [7, 11) is 7.50. The fraction of sp³-hybridized carbons (Fsp3) is 0.491. The minimum Gasteiger partial charge on any atom is -0.391 e. The summed E-state index contributed by atoms with van der Waals surface area (Å²) in [5.74, 6) is -0.0640. The van der Waals surface area contributed by atoms with Crippen LogP contribution in [0.3, 0.4) is 0 Å². The predicted molar refractivity (Wildman–Crippen MR) is 296 cm³/mol. The number of aromatic nitrogens is 2. The van der Waals surface area contributed by atoms with Crippen molar-refractivity contribution in [3.63, 3.8) is 0 Å². The molecule has 8 N–H and O–H groups in total. The Morgan fingerprint density at radius 3 is 2.08 bits per heavy atom. The van der Waals surface area contributed by atoms with E-state index >= 15 is 0 Å². The van der Waals surface area contributed by atoms with Gasteiger partial charge in [0.15, 0.2) is 0 Å². The van der Waals surface area contributed by atoms with Crippen molar-refractivity contribution in [3.05, 3.63) is 89.3 Å². The summed E-state index contributed by atoms with van der Waals surface area (Å²) < 4.78 is 14.9. The number of carbonyl (C=O) groups is 5. The molecule has 72 heavy (non-hydrogen) atoms. The van der Waals surface area contributed by atoms with E-state index in [1.54, 1.807) is 36.5 Å². The van der Waals surface area contributed by atoms with Gasteiger partial charge in [0.05, 0.1) is 18.0 Å². The monoisotopic (exact) mass is 1000 g/mol. The molecule has 1 unspecified atom stereocenters. The van der Waals surface area contributed by atoms with E-state index in [-0.39, 0.29) is 47.9 Å². The Balaban J connectivity index is 0. The second-order valence-electron chi connectivity index (χ2n) is 17.4. The number of β-amino-alcohol motifs (C(OH)–C–C–N with tert-alkyl or cyclic N) is 1. The zero-order valence-corrected chi connectivity index (χ0v) is 45.7. The molecule has 17 heteroatoms. The number of nitrogens with one attached hydrogen (secondary N) is 5. The Bertz CT molecular complexity index is 2250. The second kappa shape index (κ2) is 39.2. The van der Waals surface area contributed by atoms with Gasteiger partial charge in [0.1, 0.15) is 18.4 Å². The van der Waals surface area contributed by atoms with Crippen LogP contribution in [0.15, 0.2) is 71.7 Å². The van der Waals surface area contributed by atoms with E-state index in [0.717, 1.165) is 54.7 Å². The Kier molecular flexibility index (Phi) is 36.8. The number of benzene rings is 2. The summed E-state index contributed by atoms with van der Waals surface area (Å²) in [6.45, 7) is 25.0. The summed E-state index contributed by atoms with van der Waals surface area (Å²) in [6.07, 6.45) is 10.9. The maximum absolute atomic E-state index is 14.9. The number of hydrogen-bond acceptors (Lipinski definition) is 12. The molecule has 1 saturated heterocycles. The molecule has 0 bridgehead atoms. The summed E-state index contributed by atoms with van der Waals surface area (Å²) in [6, 6.07) is 13.5. The standard InChI is InChI=1S/C25H30FN5O2.C14H20N2.C10H19NO2.C2H7N.C2H6.CH3NO.CH2O/c1-4-5-9-29-24(32)7-6-8-25(33)31-23-12-17-10-19(21(26)11-18(17)13-30-23)20-14-28-15-22(27-3)16(20)2;1-5-16-12(3)11(2)14-8-6-13(7-9-14)10-15-4;1-10(2,3)6-9(13)11-5-4-8(12)7-11;1-3-2;1-2;2-1-3;1-2/h10-15,27H,4-9H2,1-3H3,(H,29,32)(H,30,31,33);5-9,15H,10H2,1-4H3;8,12H,4-7H2,1-3H3;3H,1-2H3;1-2H3;1H,(H2,2,3);1H2/b;12-11+,16-5?;;;;;. The van der Waals surface area contributed by atoms with E-state index in [2.05, 4.69) is 106 Å². The van der Waals surface area contributed by atoms with Crippen molar-refractivity contribution in [1.29, 1.82) is 0 Å². The summed E-state index contributed by atoms with van der Waals surface area (Å²) in [5, 5.41) is 25.2. The predicted octanol–water partition coefficient (Wildman–Crippen LogP) is 8.85. The molecular weight excluding hydrogens is 916 g/mol.